The zero-order chi connectivity index (χ0) is 11.0. The third kappa shape index (κ3) is 1.41. The summed E-state index contributed by atoms with van der Waals surface area (Å²) in [6.07, 6.45) is 1.35. The van der Waals surface area contributed by atoms with Crippen molar-refractivity contribution >= 4 is 33.3 Å². The number of carbonyl (C=O) groups is 1. The van der Waals surface area contributed by atoms with Gasteiger partial charge in [-0.15, -0.1) is 11.3 Å². The van der Waals surface area contributed by atoms with Crippen LogP contribution in [-0.2, 0) is 0 Å². The van der Waals surface area contributed by atoms with Crippen LogP contribution in [-0.4, -0.2) is 21.0 Å². The van der Waals surface area contributed by atoms with Crippen LogP contribution in [0.3, 0.4) is 0 Å². The van der Waals surface area contributed by atoms with Crippen molar-refractivity contribution in [1.82, 2.24) is 9.97 Å². The van der Waals surface area contributed by atoms with Gasteiger partial charge in [-0.2, -0.15) is 0 Å². The molecular formula is C8H8N4O2S. The summed E-state index contributed by atoms with van der Waals surface area (Å²) in [6, 6.07) is 0. The van der Waals surface area contributed by atoms with Gasteiger partial charge in [0.05, 0.1) is 10.2 Å². The van der Waals surface area contributed by atoms with Crippen molar-refractivity contribution in [2.45, 2.75) is 6.92 Å². The molecule has 0 aliphatic rings. The first kappa shape index (κ1) is 9.81. The SMILES string of the molecule is Cc1c(C(=O)O)sc2c(NN)ncnc12. The molecule has 0 aliphatic heterocycles. The van der Waals surface area contributed by atoms with Crippen molar-refractivity contribution in [2.75, 3.05) is 5.43 Å². The predicted octanol–water partition coefficient (Wildman–Crippen LogP) is 0.984. The number of nitrogens with zero attached hydrogens (tertiary/aromatic N) is 2. The third-order valence-corrected chi connectivity index (χ3v) is 3.31. The molecule has 6 nitrogen and oxygen atoms in total. The van der Waals surface area contributed by atoms with Gasteiger partial charge < -0.3 is 10.5 Å². The topological polar surface area (TPSA) is 101 Å². The van der Waals surface area contributed by atoms with E-state index in [0.717, 1.165) is 11.3 Å². The van der Waals surface area contributed by atoms with Crippen LogP contribution in [0.2, 0.25) is 0 Å². The third-order valence-electron chi connectivity index (χ3n) is 2.03. The van der Waals surface area contributed by atoms with Crippen LogP contribution >= 0.6 is 11.3 Å². The number of anilines is 1. The minimum Gasteiger partial charge on any atom is -0.477 e. The normalized spacial score (nSPS) is 10.5. The number of fused-ring (bicyclic) bond motifs is 1. The Morgan fingerprint density at radius 3 is 2.93 bits per heavy atom. The lowest BCUT2D eigenvalue weighted by Crippen LogP contribution is -2.08. The number of rotatable bonds is 2. The number of aryl methyl sites for hydroxylation is 1. The van der Waals surface area contributed by atoms with Crippen LogP contribution in [0.1, 0.15) is 15.2 Å². The van der Waals surface area contributed by atoms with Gasteiger partial charge in [-0.1, -0.05) is 0 Å². The maximum Gasteiger partial charge on any atom is 0.346 e. The summed E-state index contributed by atoms with van der Waals surface area (Å²) in [6.45, 7) is 1.72. The van der Waals surface area contributed by atoms with Crippen molar-refractivity contribution in [3.63, 3.8) is 0 Å². The fourth-order valence-electron chi connectivity index (χ4n) is 1.33. The molecule has 0 radical (unpaired) electrons. The average molecular weight is 224 g/mol. The number of thiophene rings is 1. The van der Waals surface area contributed by atoms with E-state index < -0.39 is 5.97 Å². The van der Waals surface area contributed by atoms with Crippen molar-refractivity contribution in [2.24, 2.45) is 5.84 Å². The van der Waals surface area contributed by atoms with E-state index in [9.17, 15) is 4.79 Å². The van der Waals surface area contributed by atoms with Crippen molar-refractivity contribution in [3.8, 4) is 0 Å². The van der Waals surface area contributed by atoms with Gasteiger partial charge in [0.2, 0.25) is 0 Å². The largest absolute Gasteiger partial charge is 0.477 e. The average Bonchev–Trinajstić information content (AvgIpc) is 2.56. The van der Waals surface area contributed by atoms with Crippen molar-refractivity contribution in [1.29, 1.82) is 0 Å². The number of carboxylic acids is 1. The lowest BCUT2D eigenvalue weighted by molar-refractivity contribution is 0.0701. The molecule has 2 heterocycles. The number of nitrogens with one attached hydrogen (secondary N) is 1. The Balaban J connectivity index is 2.81. The number of aromatic carboxylic acids is 1. The Bertz CT molecular complexity index is 537. The molecule has 2 rings (SSSR count). The highest BCUT2D eigenvalue weighted by molar-refractivity contribution is 7.21. The van der Waals surface area contributed by atoms with Crippen LogP contribution < -0.4 is 11.3 Å². The van der Waals surface area contributed by atoms with Gasteiger partial charge in [0.25, 0.3) is 0 Å². The van der Waals surface area contributed by atoms with Crippen LogP contribution in [0.5, 0.6) is 0 Å². The molecule has 0 saturated heterocycles. The molecule has 0 atom stereocenters. The highest BCUT2D eigenvalue weighted by atomic mass is 32.1. The van der Waals surface area contributed by atoms with E-state index in [1.807, 2.05) is 0 Å². The number of nitrogen functional groups attached to an aromatic ring is 1. The van der Waals surface area contributed by atoms with Gasteiger partial charge >= 0.3 is 5.97 Å². The molecule has 0 aromatic carbocycles. The molecule has 2 aromatic heterocycles. The summed E-state index contributed by atoms with van der Waals surface area (Å²) in [7, 11) is 0. The number of hydrogen-bond acceptors (Lipinski definition) is 6. The molecule has 0 saturated carbocycles. The summed E-state index contributed by atoms with van der Waals surface area (Å²) in [5.41, 5.74) is 3.68. The lowest BCUT2D eigenvalue weighted by Gasteiger charge is -1.97. The van der Waals surface area contributed by atoms with E-state index in [4.69, 9.17) is 10.9 Å². The predicted molar refractivity (Wildman–Crippen MR) is 56.9 cm³/mol. The second-order valence-electron chi connectivity index (χ2n) is 2.91. The van der Waals surface area contributed by atoms with Crippen molar-refractivity contribution < 1.29 is 9.90 Å². The van der Waals surface area contributed by atoms with Crippen molar-refractivity contribution in [3.05, 3.63) is 16.8 Å². The first-order valence-corrected chi connectivity index (χ1v) is 4.90. The number of aromatic nitrogens is 2. The molecule has 0 bridgehead atoms. The molecule has 0 spiro atoms. The number of hydrogen-bond donors (Lipinski definition) is 3. The standard InChI is InChI=1S/C8H8N4O2S/c1-3-4-6(15-5(3)8(13)14)7(12-9)11-2-10-4/h2H,9H2,1H3,(H,13,14)(H,10,11,12). The second-order valence-corrected chi connectivity index (χ2v) is 3.93. The highest BCUT2D eigenvalue weighted by Crippen LogP contribution is 2.32. The van der Waals surface area contributed by atoms with Gasteiger partial charge in [0, 0.05) is 5.56 Å². The monoisotopic (exact) mass is 224 g/mol. The van der Waals surface area contributed by atoms with E-state index >= 15 is 0 Å². The summed E-state index contributed by atoms with van der Waals surface area (Å²) >= 11 is 1.12. The summed E-state index contributed by atoms with van der Waals surface area (Å²) in [4.78, 5) is 19.1. The Hall–Kier alpha value is -1.73. The van der Waals surface area contributed by atoms with Crippen LogP contribution in [0, 0.1) is 6.92 Å². The number of nitrogens with two attached hydrogens (primary N) is 1. The molecule has 15 heavy (non-hydrogen) atoms. The zero-order valence-electron chi connectivity index (χ0n) is 7.81. The molecule has 0 aliphatic carbocycles. The summed E-state index contributed by atoms with van der Waals surface area (Å²) in [5, 5.41) is 8.94. The maximum atomic E-state index is 10.9. The van der Waals surface area contributed by atoms with E-state index in [-0.39, 0.29) is 4.88 Å². The quantitative estimate of drug-likeness (QED) is 0.519. The Labute approximate surface area is 88.7 Å². The first-order chi connectivity index (χ1) is 7.15. The number of carboxylic acid groups (broad SMARTS) is 1. The molecular weight excluding hydrogens is 216 g/mol. The van der Waals surface area contributed by atoms with Gasteiger partial charge in [-0.05, 0) is 6.92 Å². The minimum atomic E-state index is -0.960. The Kier molecular flexibility index (Phi) is 2.25. The molecule has 4 N–H and O–H groups in total. The van der Waals surface area contributed by atoms with E-state index in [1.54, 1.807) is 6.92 Å². The lowest BCUT2D eigenvalue weighted by atomic mass is 10.2. The summed E-state index contributed by atoms with van der Waals surface area (Å²) in [5.74, 6) is 4.76. The second kappa shape index (κ2) is 3.44. The maximum absolute atomic E-state index is 10.9. The molecule has 7 heteroatoms. The van der Waals surface area contributed by atoms with E-state index in [1.165, 1.54) is 6.33 Å². The molecule has 2 aromatic rings. The highest BCUT2D eigenvalue weighted by Gasteiger charge is 2.17. The first-order valence-electron chi connectivity index (χ1n) is 4.09. The minimum absolute atomic E-state index is 0.266. The van der Waals surface area contributed by atoms with E-state index in [0.29, 0.717) is 21.6 Å². The van der Waals surface area contributed by atoms with Crippen LogP contribution in [0.4, 0.5) is 5.82 Å². The van der Waals surface area contributed by atoms with Gasteiger partial charge in [0.15, 0.2) is 5.82 Å². The fraction of sp³-hybridized carbons (Fsp3) is 0.125. The fourth-order valence-corrected chi connectivity index (χ4v) is 2.38. The van der Waals surface area contributed by atoms with Crippen LogP contribution in [0.15, 0.2) is 6.33 Å². The molecule has 0 fully saturated rings. The Morgan fingerprint density at radius 1 is 1.60 bits per heavy atom. The summed E-state index contributed by atoms with van der Waals surface area (Å²) < 4.78 is 0.662. The van der Waals surface area contributed by atoms with Gasteiger partial charge in [0.1, 0.15) is 11.2 Å². The Morgan fingerprint density at radius 2 is 2.33 bits per heavy atom. The smallest absolute Gasteiger partial charge is 0.346 e. The molecule has 0 unspecified atom stereocenters. The van der Waals surface area contributed by atoms with E-state index in [2.05, 4.69) is 15.4 Å². The zero-order valence-corrected chi connectivity index (χ0v) is 8.63. The van der Waals surface area contributed by atoms with Crippen LogP contribution in [0.25, 0.3) is 10.2 Å². The number of hydrazine groups is 1. The van der Waals surface area contributed by atoms with Gasteiger partial charge in [-0.25, -0.2) is 20.6 Å². The van der Waals surface area contributed by atoms with Gasteiger partial charge in [-0.3, -0.25) is 0 Å². The molecule has 78 valence electrons. The molecule has 0 amide bonds.